The minimum absolute atomic E-state index is 0.0492. The molecule has 2 unspecified atom stereocenters. The van der Waals surface area contributed by atoms with E-state index in [1.165, 1.54) is 23.5 Å². The zero-order valence-electron chi connectivity index (χ0n) is 32.8. The van der Waals surface area contributed by atoms with Crippen LogP contribution in [0.15, 0.2) is 48.9 Å². The van der Waals surface area contributed by atoms with Gasteiger partial charge in [0.2, 0.25) is 23.5 Å². The summed E-state index contributed by atoms with van der Waals surface area (Å²) in [5.41, 5.74) is 0.429. The molecule has 0 bridgehead atoms. The van der Waals surface area contributed by atoms with Crippen LogP contribution in [0.25, 0.3) is 0 Å². The first-order chi connectivity index (χ1) is 26.3. The third-order valence-corrected chi connectivity index (χ3v) is 9.00. The Morgan fingerprint density at radius 1 is 0.818 bits per heavy atom. The van der Waals surface area contributed by atoms with Crippen LogP contribution in [0.3, 0.4) is 0 Å². The van der Waals surface area contributed by atoms with Crippen LogP contribution < -0.4 is 26.6 Å². The summed E-state index contributed by atoms with van der Waals surface area (Å²) in [6.45, 7) is 9.44. The first-order valence-electron chi connectivity index (χ1n) is 19.5. The Balaban J connectivity index is 0.00000193. The molecule has 1 heterocycles. The van der Waals surface area contributed by atoms with Crippen molar-refractivity contribution < 1.29 is 33.6 Å². The number of rotatable bonds is 18. The molecule has 15 nitrogen and oxygen atoms in total. The van der Waals surface area contributed by atoms with Gasteiger partial charge in [0.15, 0.2) is 0 Å². The van der Waals surface area contributed by atoms with Gasteiger partial charge in [-0.05, 0) is 63.0 Å². The number of hydrogen-bond donors (Lipinski definition) is 5. The summed E-state index contributed by atoms with van der Waals surface area (Å²) in [6, 6.07) is 4.97. The summed E-state index contributed by atoms with van der Waals surface area (Å²) < 4.78 is 0. The first kappa shape index (κ1) is 44.2. The second-order valence-electron chi connectivity index (χ2n) is 14.7. The molecule has 6 amide bonds. The van der Waals surface area contributed by atoms with Crippen molar-refractivity contribution in [1.29, 1.82) is 0 Å². The molecule has 2 fully saturated rings. The maximum absolute atomic E-state index is 13.8. The number of benzene rings is 1. The molecule has 55 heavy (non-hydrogen) atoms. The summed E-state index contributed by atoms with van der Waals surface area (Å²) in [4.78, 5) is 102. The minimum atomic E-state index is -1.34. The molecule has 2 aromatic rings. The number of nitrogens with zero attached hydrogens (tertiary/aromatic N) is 3. The fourth-order valence-electron chi connectivity index (χ4n) is 6.02. The first-order valence-corrected chi connectivity index (χ1v) is 19.5. The van der Waals surface area contributed by atoms with E-state index in [4.69, 9.17) is 0 Å². The zero-order valence-corrected chi connectivity index (χ0v) is 32.8. The maximum atomic E-state index is 13.8. The monoisotopic (exact) mass is 762 g/mol. The molecule has 1 aromatic heterocycles. The van der Waals surface area contributed by atoms with Crippen molar-refractivity contribution in [2.24, 2.45) is 11.8 Å². The summed E-state index contributed by atoms with van der Waals surface area (Å²) >= 11 is 0. The van der Waals surface area contributed by atoms with Crippen LogP contribution >= 0.6 is 0 Å². The number of likely N-dealkylation sites (N-methyl/N-ethyl adjacent to an activating group) is 1. The van der Waals surface area contributed by atoms with E-state index in [2.05, 4.69) is 57.3 Å². The highest BCUT2D eigenvalue weighted by molar-refractivity contribution is 6.38. The van der Waals surface area contributed by atoms with Gasteiger partial charge in [-0.3, -0.25) is 38.5 Å². The third kappa shape index (κ3) is 15.2. The maximum Gasteiger partial charge on any atom is 0.289 e. The standard InChI is InChI=1S/C36H48N8O7.C4H10/c1-3-11-26(31(46)35(50)40-25-16-17-25)42-33(48)28(22-44(4-2)36(51)24-14-9-6-10-15-24)41-29(45)21-39-34(49)30(23-12-7-5-8-13-23)43-32(47)27-20-37-18-19-38-27;1-4(2)3/h6,9-10,14-15,18-20,23,25-26,28,30H,3-5,7-8,11-13,16-17,21-22H2,1-2H3,(H,39,49)(H,40,50)(H,41,45)(H,42,48)(H,43,47);4H,1-3H3/t26?,28-,30?;/m0./s1. The number of carbonyl (C=O) groups is 7. The summed E-state index contributed by atoms with van der Waals surface area (Å²) in [5.74, 6) is -3.92. The fraction of sp³-hybridized carbons (Fsp3) is 0.575. The Morgan fingerprint density at radius 2 is 1.49 bits per heavy atom. The van der Waals surface area contributed by atoms with Gasteiger partial charge in [-0.25, -0.2) is 4.98 Å². The third-order valence-electron chi connectivity index (χ3n) is 9.00. The number of ketones is 1. The summed E-state index contributed by atoms with van der Waals surface area (Å²) in [5, 5.41) is 13.2. The van der Waals surface area contributed by atoms with E-state index in [9.17, 15) is 33.6 Å². The van der Waals surface area contributed by atoms with Crippen molar-refractivity contribution in [3.63, 3.8) is 0 Å². The van der Waals surface area contributed by atoms with E-state index >= 15 is 0 Å². The van der Waals surface area contributed by atoms with E-state index in [-0.39, 0.29) is 43.1 Å². The van der Waals surface area contributed by atoms with Crippen molar-refractivity contribution in [1.82, 2.24) is 41.5 Å². The van der Waals surface area contributed by atoms with Gasteiger partial charge in [-0.2, -0.15) is 0 Å². The largest absolute Gasteiger partial charge is 0.347 e. The van der Waals surface area contributed by atoms with E-state index < -0.39 is 60.0 Å². The quantitative estimate of drug-likeness (QED) is 0.141. The van der Waals surface area contributed by atoms with Crippen LogP contribution in [-0.4, -0.2) is 99.9 Å². The summed E-state index contributed by atoms with van der Waals surface area (Å²) in [6.07, 6.45) is 10.6. The van der Waals surface area contributed by atoms with Crippen molar-refractivity contribution >= 4 is 41.2 Å². The Hall–Kier alpha value is -5.21. The van der Waals surface area contributed by atoms with Crippen LogP contribution in [0, 0.1) is 11.8 Å². The topological polar surface area (TPSA) is 209 Å². The Labute approximate surface area is 324 Å². The number of aromatic nitrogens is 2. The van der Waals surface area contributed by atoms with E-state index in [0.29, 0.717) is 24.8 Å². The molecule has 3 atom stereocenters. The Morgan fingerprint density at radius 3 is 2.07 bits per heavy atom. The normalized spacial score (nSPS) is 15.5. The summed E-state index contributed by atoms with van der Waals surface area (Å²) in [7, 11) is 0. The van der Waals surface area contributed by atoms with Crippen LogP contribution in [0.5, 0.6) is 0 Å². The Kier molecular flexibility index (Phi) is 18.4. The fourth-order valence-corrected chi connectivity index (χ4v) is 6.02. The van der Waals surface area contributed by atoms with E-state index in [1.807, 2.05) is 0 Å². The van der Waals surface area contributed by atoms with Gasteiger partial charge in [-0.15, -0.1) is 0 Å². The van der Waals surface area contributed by atoms with Crippen LogP contribution in [0.4, 0.5) is 0 Å². The van der Waals surface area contributed by atoms with Gasteiger partial charge in [0.1, 0.15) is 17.8 Å². The average molecular weight is 763 g/mol. The lowest BCUT2D eigenvalue weighted by Gasteiger charge is -2.30. The highest BCUT2D eigenvalue weighted by Crippen LogP contribution is 2.27. The predicted molar refractivity (Wildman–Crippen MR) is 206 cm³/mol. The molecule has 1 aromatic carbocycles. The number of Topliss-reactive ketones (excluding diaryl/α,β-unsaturated/α-hetero) is 1. The highest BCUT2D eigenvalue weighted by atomic mass is 16.2. The number of carbonyl (C=O) groups excluding carboxylic acids is 7. The number of nitrogens with one attached hydrogen (secondary N) is 5. The van der Waals surface area contributed by atoms with Gasteiger partial charge < -0.3 is 31.5 Å². The van der Waals surface area contributed by atoms with Gasteiger partial charge in [-0.1, -0.05) is 71.6 Å². The molecule has 4 rings (SSSR count). The molecular formula is C40H58N8O7. The smallest absolute Gasteiger partial charge is 0.289 e. The van der Waals surface area contributed by atoms with Gasteiger partial charge >= 0.3 is 0 Å². The van der Waals surface area contributed by atoms with Crippen LogP contribution in [0.1, 0.15) is 113 Å². The van der Waals surface area contributed by atoms with Crippen molar-refractivity contribution in [3.05, 3.63) is 60.2 Å². The molecule has 0 spiro atoms. The second-order valence-corrected chi connectivity index (χ2v) is 14.7. The van der Waals surface area contributed by atoms with Gasteiger partial charge in [0.05, 0.1) is 25.3 Å². The second kappa shape index (κ2) is 22.9. The lowest BCUT2D eigenvalue weighted by atomic mass is 9.83. The van der Waals surface area contributed by atoms with E-state index in [1.54, 1.807) is 44.2 Å². The van der Waals surface area contributed by atoms with Crippen molar-refractivity contribution in [3.8, 4) is 0 Å². The van der Waals surface area contributed by atoms with E-state index in [0.717, 1.165) is 38.0 Å². The molecule has 0 aliphatic heterocycles. The molecule has 0 radical (unpaired) electrons. The zero-order chi connectivity index (χ0) is 40.3. The molecule has 300 valence electrons. The number of amides is 6. The molecular weight excluding hydrogens is 704 g/mol. The van der Waals surface area contributed by atoms with Crippen molar-refractivity contribution in [2.45, 2.75) is 117 Å². The molecule has 0 saturated heterocycles. The molecule has 5 N–H and O–H groups in total. The lowest BCUT2D eigenvalue weighted by Crippen LogP contribution is -2.59. The molecule has 15 heteroatoms. The number of hydrogen-bond acceptors (Lipinski definition) is 9. The highest BCUT2D eigenvalue weighted by Gasteiger charge is 2.35. The van der Waals surface area contributed by atoms with Crippen LogP contribution in [0.2, 0.25) is 0 Å². The molecule has 2 saturated carbocycles. The van der Waals surface area contributed by atoms with Crippen molar-refractivity contribution in [2.75, 3.05) is 19.6 Å². The van der Waals surface area contributed by atoms with Crippen LogP contribution in [-0.2, 0) is 24.0 Å². The van der Waals surface area contributed by atoms with Gasteiger partial charge in [0.25, 0.3) is 17.7 Å². The predicted octanol–water partition coefficient (Wildman–Crippen LogP) is 2.71. The Bertz CT molecular complexity index is 1580. The van der Waals surface area contributed by atoms with Gasteiger partial charge in [0, 0.05) is 30.5 Å². The molecule has 2 aliphatic carbocycles. The SMILES string of the molecule is CC(C)C.CCCC(NC(=O)[C@H](CN(CC)C(=O)c1ccccc1)NC(=O)CNC(=O)C(NC(=O)c1cnccn1)C1CCCCC1)C(=O)C(=O)NC1CC1. The lowest BCUT2D eigenvalue weighted by molar-refractivity contribution is -0.140. The minimum Gasteiger partial charge on any atom is -0.347 e. The average Bonchev–Trinajstić information content (AvgIpc) is 4.01. The molecule has 2 aliphatic rings.